The number of allylic oxidation sites excluding steroid dienone is 3. The zero-order valence-corrected chi connectivity index (χ0v) is 10.7. The van der Waals surface area contributed by atoms with Gasteiger partial charge >= 0.3 is 0 Å². The van der Waals surface area contributed by atoms with E-state index in [9.17, 15) is 5.11 Å². The van der Waals surface area contributed by atoms with E-state index in [1.165, 1.54) is 5.57 Å². The molecule has 1 nitrogen and oxygen atoms in total. The lowest BCUT2D eigenvalue weighted by molar-refractivity contribution is 0.204. The highest BCUT2D eigenvalue weighted by Crippen LogP contribution is 2.23. The van der Waals surface area contributed by atoms with Gasteiger partial charge in [-0.2, -0.15) is 0 Å². The average Bonchev–Trinajstić information content (AvgIpc) is 2.23. The molecule has 0 saturated heterocycles. The third-order valence-corrected chi connectivity index (χ3v) is 3.39. The van der Waals surface area contributed by atoms with Crippen molar-refractivity contribution in [2.24, 2.45) is 11.8 Å². The van der Waals surface area contributed by atoms with Crippen molar-refractivity contribution in [1.82, 2.24) is 0 Å². The summed E-state index contributed by atoms with van der Waals surface area (Å²) in [6, 6.07) is 0. The molecule has 0 spiro atoms. The monoisotopic (exact) mass is 220 g/mol. The third kappa shape index (κ3) is 3.97. The molecule has 0 aromatic heterocycles. The summed E-state index contributed by atoms with van der Waals surface area (Å²) in [5, 5.41) is 9.86. The van der Waals surface area contributed by atoms with Crippen LogP contribution in [-0.2, 0) is 0 Å². The summed E-state index contributed by atoms with van der Waals surface area (Å²) in [7, 11) is 0. The molecule has 0 heterocycles. The topological polar surface area (TPSA) is 20.2 Å². The van der Waals surface area contributed by atoms with Crippen molar-refractivity contribution in [2.45, 2.75) is 46.1 Å². The minimum absolute atomic E-state index is 0.384. The van der Waals surface area contributed by atoms with Crippen LogP contribution in [0, 0.1) is 11.8 Å². The molecule has 0 amide bonds. The molecule has 0 aliphatic heterocycles. The summed E-state index contributed by atoms with van der Waals surface area (Å²) in [4.78, 5) is 0. The van der Waals surface area contributed by atoms with Crippen molar-refractivity contribution in [3.05, 3.63) is 36.0 Å². The number of hydrogen-bond donors (Lipinski definition) is 1. The van der Waals surface area contributed by atoms with Gasteiger partial charge in [-0.3, -0.25) is 0 Å². The second-order valence-corrected chi connectivity index (χ2v) is 5.18. The Hall–Kier alpha value is -0.820. The van der Waals surface area contributed by atoms with Crippen molar-refractivity contribution in [2.75, 3.05) is 0 Å². The van der Waals surface area contributed by atoms with Gasteiger partial charge in [0.15, 0.2) is 0 Å². The van der Waals surface area contributed by atoms with Crippen LogP contribution in [0.5, 0.6) is 0 Å². The van der Waals surface area contributed by atoms with Gasteiger partial charge in [0.1, 0.15) is 0 Å². The third-order valence-electron chi connectivity index (χ3n) is 3.39. The number of aliphatic hydroxyl groups excluding tert-OH is 1. The second kappa shape index (κ2) is 6.05. The highest BCUT2D eigenvalue weighted by Gasteiger charge is 2.12. The van der Waals surface area contributed by atoms with E-state index in [2.05, 4.69) is 39.5 Å². The van der Waals surface area contributed by atoms with E-state index in [-0.39, 0.29) is 6.10 Å². The Morgan fingerprint density at radius 2 is 2.12 bits per heavy atom. The van der Waals surface area contributed by atoms with Gasteiger partial charge in [0.25, 0.3) is 0 Å². The summed E-state index contributed by atoms with van der Waals surface area (Å²) < 4.78 is 0. The highest BCUT2D eigenvalue weighted by atomic mass is 16.3. The number of hydrogen-bond acceptors (Lipinski definition) is 1. The van der Waals surface area contributed by atoms with Gasteiger partial charge in [-0.15, -0.1) is 0 Å². The summed E-state index contributed by atoms with van der Waals surface area (Å²) in [6.07, 6.45) is 9.00. The van der Waals surface area contributed by atoms with Crippen molar-refractivity contribution in [3.8, 4) is 0 Å². The van der Waals surface area contributed by atoms with Crippen LogP contribution in [0.15, 0.2) is 36.0 Å². The predicted octanol–water partition coefficient (Wildman–Crippen LogP) is 3.86. The first-order valence-electron chi connectivity index (χ1n) is 6.21. The molecule has 1 N–H and O–H groups in total. The van der Waals surface area contributed by atoms with E-state index >= 15 is 0 Å². The molecule has 1 aliphatic carbocycles. The van der Waals surface area contributed by atoms with E-state index in [1.54, 1.807) is 0 Å². The molecule has 0 fully saturated rings. The maximum Gasteiger partial charge on any atom is 0.0787 e. The Balaban J connectivity index is 2.82. The molecular weight excluding hydrogens is 196 g/mol. The Morgan fingerprint density at radius 3 is 2.75 bits per heavy atom. The SMILES string of the molecule is C=C1/C=C\[C@H](C(C)C)C/C=C(/C)CC[C@@H]1O. The summed E-state index contributed by atoms with van der Waals surface area (Å²) in [6.45, 7) is 10.6. The van der Waals surface area contributed by atoms with Crippen LogP contribution >= 0.6 is 0 Å². The first-order valence-corrected chi connectivity index (χ1v) is 6.21. The minimum atomic E-state index is -0.384. The van der Waals surface area contributed by atoms with Crippen LogP contribution in [0.3, 0.4) is 0 Å². The molecule has 0 radical (unpaired) electrons. The predicted molar refractivity (Wildman–Crippen MR) is 70.2 cm³/mol. The van der Waals surface area contributed by atoms with Crippen molar-refractivity contribution < 1.29 is 5.11 Å². The fraction of sp³-hybridized carbons (Fsp3) is 0.600. The molecule has 0 aromatic carbocycles. The molecule has 1 aliphatic rings. The zero-order valence-electron chi connectivity index (χ0n) is 10.7. The maximum absolute atomic E-state index is 9.86. The van der Waals surface area contributed by atoms with Gasteiger partial charge < -0.3 is 5.11 Å². The fourth-order valence-electron chi connectivity index (χ4n) is 1.92. The quantitative estimate of drug-likeness (QED) is 0.665. The van der Waals surface area contributed by atoms with Crippen molar-refractivity contribution in [3.63, 3.8) is 0 Å². The molecule has 0 aromatic rings. The van der Waals surface area contributed by atoms with Crippen LogP contribution in [0.2, 0.25) is 0 Å². The lowest BCUT2D eigenvalue weighted by Crippen LogP contribution is -2.11. The summed E-state index contributed by atoms with van der Waals surface area (Å²) >= 11 is 0. The smallest absolute Gasteiger partial charge is 0.0787 e. The van der Waals surface area contributed by atoms with Gasteiger partial charge in [0.2, 0.25) is 0 Å². The van der Waals surface area contributed by atoms with E-state index in [4.69, 9.17) is 0 Å². The number of aliphatic hydroxyl groups is 1. The standard InChI is InChI=1S/C15H24O/c1-11(2)14-8-5-12(3)6-10-15(16)13(4)7-9-14/h5,7,9,11,14-16H,4,6,8,10H2,1-3H3/b9-7-,12-5-/t14-,15+/m1/s1. The largest absolute Gasteiger partial charge is 0.388 e. The summed E-state index contributed by atoms with van der Waals surface area (Å²) in [5.74, 6) is 1.18. The van der Waals surface area contributed by atoms with Crippen LogP contribution < -0.4 is 0 Å². The van der Waals surface area contributed by atoms with E-state index in [0.29, 0.717) is 11.8 Å². The molecule has 0 saturated carbocycles. The van der Waals surface area contributed by atoms with E-state index in [0.717, 1.165) is 24.8 Å². The molecule has 0 unspecified atom stereocenters. The van der Waals surface area contributed by atoms with Crippen molar-refractivity contribution >= 4 is 0 Å². The molecule has 0 bridgehead atoms. The molecule has 90 valence electrons. The van der Waals surface area contributed by atoms with E-state index in [1.807, 2.05) is 6.08 Å². The zero-order chi connectivity index (χ0) is 12.1. The highest BCUT2D eigenvalue weighted by molar-refractivity contribution is 5.21. The molecule has 1 rings (SSSR count). The minimum Gasteiger partial charge on any atom is -0.388 e. The average molecular weight is 220 g/mol. The number of rotatable bonds is 1. The Kier molecular flexibility index (Phi) is 5.01. The maximum atomic E-state index is 9.86. The normalized spacial score (nSPS) is 33.3. The molecule has 16 heavy (non-hydrogen) atoms. The van der Waals surface area contributed by atoms with Gasteiger partial charge in [-0.25, -0.2) is 0 Å². The molecular formula is C15H24O. The van der Waals surface area contributed by atoms with Gasteiger partial charge in [-0.05, 0) is 43.6 Å². The van der Waals surface area contributed by atoms with Gasteiger partial charge in [0.05, 0.1) is 6.10 Å². The van der Waals surface area contributed by atoms with Crippen molar-refractivity contribution in [1.29, 1.82) is 0 Å². The first-order chi connectivity index (χ1) is 7.50. The van der Waals surface area contributed by atoms with E-state index < -0.39 is 0 Å². The lowest BCUT2D eigenvalue weighted by Gasteiger charge is -2.18. The lowest BCUT2D eigenvalue weighted by atomic mass is 9.88. The van der Waals surface area contributed by atoms with Crippen LogP contribution in [0.4, 0.5) is 0 Å². The van der Waals surface area contributed by atoms with Crippen LogP contribution in [0.1, 0.15) is 40.0 Å². The van der Waals surface area contributed by atoms with Crippen LogP contribution in [-0.4, -0.2) is 11.2 Å². The Labute approximate surface area is 99.6 Å². The second-order valence-electron chi connectivity index (χ2n) is 5.18. The first kappa shape index (κ1) is 13.2. The van der Waals surface area contributed by atoms with Gasteiger partial charge in [0, 0.05) is 0 Å². The Bertz CT molecular complexity index is 297. The summed E-state index contributed by atoms with van der Waals surface area (Å²) in [5.41, 5.74) is 2.23. The molecule has 1 heteroatoms. The van der Waals surface area contributed by atoms with Gasteiger partial charge in [-0.1, -0.05) is 44.2 Å². The molecule has 2 atom stereocenters. The Morgan fingerprint density at radius 1 is 1.44 bits per heavy atom. The van der Waals surface area contributed by atoms with Crippen LogP contribution in [0.25, 0.3) is 0 Å². The fourth-order valence-corrected chi connectivity index (χ4v) is 1.92.